The zero-order chi connectivity index (χ0) is 30.7. The number of aliphatic carboxylic acids is 1. The predicted molar refractivity (Wildman–Crippen MR) is 170 cm³/mol. The Morgan fingerprint density at radius 3 is 2.14 bits per heavy atom. The summed E-state index contributed by atoms with van der Waals surface area (Å²) in [4.78, 5) is 23.8. The molecular formula is C36H41NO6. The van der Waals surface area contributed by atoms with Gasteiger partial charge >= 0.3 is 11.9 Å². The number of hydrogen-bond donors (Lipinski definition) is 1. The highest BCUT2D eigenvalue weighted by molar-refractivity contribution is 5.94. The van der Waals surface area contributed by atoms with Gasteiger partial charge in [0, 0.05) is 18.0 Å². The maximum atomic E-state index is 12.7. The van der Waals surface area contributed by atoms with E-state index in [1.54, 1.807) is 0 Å². The summed E-state index contributed by atoms with van der Waals surface area (Å²) in [6.45, 7) is 6.91. The van der Waals surface area contributed by atoms with Crippen molar-refractivity contribution in [1.29, 1.82) is 0 Å². The maximum absolute atomic E-state index is 12.7. The summed E-state index contributed by atoms with van der Waals surface area (Å²) in [6.07, 6.45) is 9.08. The van der Waals surface area contributed by atoms with Gasteiger partial charge in [0.2, 0.25) is 0 Å². The van der Waals surface area contributed by atoms with Gasteiger partial charge in [-0.05, 0) is 87.4 Å². The van der Waals surface area contributed by atoms with Crippen molar-refractivity contribution in [2.45, 2.75) is 65.0 Å². The third-order valence-electron chi connectivity index (χ3n) is 6.72. The van der Waals surface area contributed by atoms with Crippen molar-refractivity contribution >= 4 is 35.0 Å². The van der Waals surface area contributed by atoms with E-state index in [2.05, 4.69) is 0 Å². The second-order valence-electron chi connectivity index (χ2n) is 11.5. The van der Waals surface area contributed by atoms with E-state index in [-0.39, 0.29) is 18.9 Å². The highest BCUT2D eigenvalue weighted by Gasteiger charge is 2.19. The molecule has 0 aliphatic heterocycles. The minimum absolute atomic E-state index is 0.0714. The summed E-state index contributed by atoms with van der Waals surface area (Å²) < 4.78 is 19.1. The average Bonchev–Trinajstić information content (AvgIpc) is 3.31. The Kier molecular flexibility index (Phi) is 11.0. The number of hydrogen-bond acceptors (Lipinski definition) is 5. The number of carbonyl (C=O) groups is 2. The molecule has 0 fully saturated rings. The molecule has 0 aliphatic carbocycles. The van der Waals surface area contributed by atoms with Crippen molar-refractivity contribution in [1.82, 2.24) is 4.57 Å². The minimum Gasteiger partial charge on any atom is -0.494 e. The Labute approximate surface area is 253 Å². The number of rotatable bonds is 15. The molecule has 0 atom stereocenters. The van der Waals surface area contributed by atoms with Crippen LogP contribution in [0.3, 0.4) is 0 Å². The fraction of sp³-hybridized carbons (Fsp3) is 0.333. The van der Waals surface area contributed by atoms with Gasteiger partial charge in [-0.1, -0.05) is 60.7 Å². The Morgan fingerprint density at radius 2 is 1.49 bits per heavy atom. The predicted octanol–water partition coefficient (Wildman–Crippen LogP) is 7.80. The Balaban J connectivity index is 1.40. The number of carboxylic acid groups (broad SMARTS) is 1. The molecule has 7 nitrogen and oxygen atoms in total. The molecule has 7 heteroatoms. The number of unbranched alkanes of at least 4 members (excludes halogenated alkanes) is 1. The summed E-state index contributed by atoms with van der Waals surface area (Å²) in [5.74, 6) is 0.571. The van der Waals surface area contributed by atoms with Crippen LogP contribution in [-0.4, -0.2) is 40.4 Å². The van der Waals surface area contributed by atoms with Crippen molar-refractivity contribution in [2.75, 3.05) is 13.2 Å². The molecule has 226 valence electrons. The molecule has 4 aromatic rings. The van der Waals surface area contributed by atoms with Crippen molar-refractivity contribution in [2.24, 2.45) is 0 Å². The molecule has 0 aliphatic rings. The van der Waals surface area contributed by atoms with Crippen LogP contribution in [0.15, 0.2) is 79.0 Å². The van der Waals surface area contributed by atoms with E-state index in [4.69, 9.17) is 19.3 Å². The lowest BCUT2D eigenvalue weighted by Crippen LogP contribution is -2.26. The van der Waals surface area contributed by atoms with Gasteiger partial charge in [-0.15, -0.1) is 0 Å². The molecule has 3 aromatic carbocycles. The molecule has 43 heavy (non-hydrogen) atoms. The fourth-order valence-electron chi connectivity index (χ4n) is 4.83. The van der Waals surface area contributed by atoms with E-state index in [0.29, 0.717) is 26.1 Å². The number of carbonyl (C=O) groups excluding carboxylic acids is 1. The smallest absolute Gasteiger partial charge is 0.326 e. The lowest BCUT2D eigenvalue weighted by atomic mass is 10.0. The van der Waals surface area contributed by atoms with Crippen LogP contribution in [0.2, 0.25) is 0 Å². The first kappa shape index (κ1) is 31.4. The first-order valence-corrected chi connectivity index (χ1v) is 14.8. The van der Waals surface area contributed by atoms with Crippen LogP contribution in [0.4, 0.5) is 0 Å². The third-order valence-corrected chi connectivity index (χ3v) is 6.72. The van der Waals surface area contributed by atoms with Crippen molar-refractivity contribution in [3.8, 4) is 11.5 Å². The standard InChI is InChI=1S/C36H41NO6/c1-36(2,3)43-34(40)26-37-25-29(12-10-16-33(38)39)32-15-9-11-28(35(32)37)20-17-27-18-21-31(22-19-27)42-24-8-7-23-41-30-13-5-4-6-14-30/h4-6,9,11,13-15,17-22,25H,7-8,10,12,16,23-24,26H2,1-3H3,(H,38,39). The van der Waals surface area contributed by atoms with E-state index < -0.39 is 11.6 Å². The van der Waals surface area contributed by atoms with E-state index in [9.17, 15) is 9.59 Å². The zero-order valence-corrected chi connectivity index (χ0v) is 25.3. The largest absolute Gasteiger partial charge is 0.494 e. The Hall–Kier alpha value is -4.52. The highest BCUT2D eigenvalue weighted by atomic mass is 16.6. The topological polar surface area (TPSA) is 87.0 Å². The third kappa shape index (κ3) is 10.1. The molecule has 4 rings (SSSR count). The molecule has 1 N–H and O–H groups in total. The van der Waals surface area contributed by atoms with Gasteiger partial charge in [0.15, 0.2) is 0 Å². The second kappa shape index (κ2) is 15.1. The van der Waals surface area contributed by atoms with Crippen LogP contribution < -0.4 is 9.47 Å². The molecule has 0 unspecified atom stereocenters. The molecule has 0 saturated heterocycles. The normalized spacial score (nSPS) is 11.6. The number of benzene rings is 3. The molecular weight excluding hydrogens is 542 g/mol. The van der Waals surface area contributed by atoms with E-state index in [1.165, 1.54) is 0 Å². The molecule has 0 bridgehead atoms. The zero-order valence-electron chi connectivity index (χ0n) is 25.3. The van der Waals surface area contributed by atoms with Gasteiger partial charge in [0.1, 0.15) is 23.6 Å². The first-order chi connectivity index (χ1) is 20.7. The average molecular weight is 584 g/mol. The van der Waals surface area contributed by atoms with E-state index >= 15 is 0 Å². The second-order valence-corrected chi connectivity index (χ2v) is 11.5. The summed E-state index contributed by atoms with van der Waals surface area (Å²) in [6, 6.07) is 23.8. The van der Waals surface area contributed by atoms with E-state index in [1.807, 2.05) is 116 Å². The Bertz CT molecular complexity index is 1510. The number of carboxylic acids is 1. The van der Waals surface area contributed by atoms with Crippen LogP contribution in [0.5, 0.6) is 11.5 Å². The molecule has 0 radical (unpaired) electrons. The van der Waals surface area contributed by atoms with Crippen molar-refractivity contribution < 1.29 is 28.9 Å². The lowest BCUT2D eigenvalue weighted by Gasteiger charge is -2.20. The summed E-state index contributed by atoms with van der Waals surface area (Å²) in [5.41, 5.74) is 3.34. The molecule has 1 heterocycles. The number of aryl methyl sites for hydroxylation is 1. The molecule has 1 aromatic heterocycles. The van der Waals surface area contributed by atoms with Crippen LogP contribution in [-0.2, 0) is 27.3 Å². The van der Waals surface area contributed by atoms with E-state index in [0.717, 1.165) is 51.9 Å². The maximum Gasteiger partial charge on any atom is 0.326 e. The minimum atomic E-state index is -0.814. The summed E-state index contributed by atoms with van der Waals surface area (Å²) in [5, 5.41) is 10.1. The number of aromatic nitrogens is 1. The van der Waals surface area contributed by atoms with Gasteiger partial charge in [0.25, 0.3) is 0 Å². The van der Waals surface area contributed by atoms with Gasteiger partial charge in [-0.3, -0.25) is 9.59 Å². The highest BCUT2D eigenvalue weighted by Crippen LogP contribution is 2.28. The monoisotopic (exact) mass is 583 g/mol. The number of para-hydroxylation sites is 2. The van der Waals surface area contributed by atoms with Crippen molar-refractivity contribution in [3.05, 3.63) is 95.7 Å². The van der Waals surface area contributed by atoms with Crippen molar-refractivity contribution in [3.63, 3.8) is 0 Å². The molecule has 0 amide bonds. The van der Waals surface area contributed by atoms with Gasteiger partial charge in [-0.25, -0.2) is 0 Å². The summed E-state index contributed by atoms with van der Waals surface area (Å²) in [7, 11) is 0. The quantitative estimate of drug-likeness (QED) is 0.0873. The number of ether oxygens (including phenoxy) is 3. The molecule has 0 spiro atoms. The van der Waals surface area contributed by atoms with Gasteiger partial charge in [0.05, 0.1) is 18.7 Å². The van der Waals surface area contributed by atoms with Crippen LogP contribution >= 0.6 is 0 Å². The van der Waals surface area contributed by atoms with Crippen LogP contribution in [0, 0.1) is 0 Å². The lowest BCUT2D eigenvalue weighted by molar-refractivity contribution is -0.155. The number of nitrogens with zero attached hydrogens (tertiary/aromatic N) is 1. The van der Waals surface area contributed by atoms with Gasteiger partial charge < -0.3 is 23.9 Å². The van der Waals surface area contributed by atoms with Gasteiger partial charge in [-0.2, -0.15) is 0 Å². The number of esters is 1. The fourth-order valence-corrected chi connectivity index (χ4v) is 4.83. The first-order valence-electron chi connectivity index (χ1n) is 14.8. The Morgan fingerprint density at radius 1 is 0.814 bits per heavy atom. The van der Waals surface area contributed by atoms with Crippen LogP contribution in [0.25, 0.3) is 23.1 Å². The number of fused-ring (bicyclic) bond motifs is 1. The summed E-state index contributed by atoms with van der Waals surface area (Å²) >= 11 is 0. The SMILES string of the molecule is CC(C)(C)OC(=O)Cn1cc(CCCC(=O)O)c2cccc(C=Cc3ccc(OCCCCOc4ccccc4)cc3)c21. The molecule has 0 saturated carbocycles. The van der Waals surface area contributed by atoms with Crippen LogP contribution in [0.1, 0.15) is 63.1 Å².